The molecule has 3 aromatic rings. The Hall–Kier alpha value is -3.28. The summed E-state index contributed by atoms with van der Waals surface area (Å²) in [5.41, 5.74) is 1.14. The molecular formula is C24H25F3N4O4S. The Kier molecular flexibility index (Phi) is 6.31. The number of fused-ring (bicyclic) bond motifs is 2. The van der Waals surface area contributed by atoms with Crippen LogP contribution in [0, 0.1) is 0 Å². The molecule has 1 amide bonds. The van der Waals surface area contributed by atoms with Gasteiger partial charge in [-0.15, -0.1) is 11.3 Å². The van der Waals surface area contributed by atoms with Crippen molar-refractivity contribution in [1.29, 1.82) is 0 Å². The third kappa shape index (κ3) is 4.49. The van der Waals surface area contributed by atoms with Gasteiger partial charge in [-0.1, -0.05) is 0 Å². The van der Waals surface area contributed by atoms with Crippen molar-refractivity contribution >= 4 is 34.0 Å². The molecular weight excluding hydrogens is 497 g/mol. The van der Waals surface area contributed by atoms with Gasteiger partial charge in [0, 0.05) is 11.3 Å². The molecule has 2 N–H and O–H groups in total. The highest BCUT2D eigenvalue weighted by Gasteiger charge is 2.48. The number of hydrogen-bond acceptors (Lipinski definition) is 7. The average molecular weight is 523 g/mol. The van der Waals surface area contributed by atoms with Gasteiger partial charge in [0.2, 0.25) is 0 Å². The summed E-state index contributed by atoms with van der Waals surface area (Å²) in [6, 6.07) is 0.443. The number of carbonyl (C=O) groups is 2. The van der Waals surface area contributed by atoms with Gasteiger partial charge < -0.3 is 19.8 Å². The van der Waals surface area contributed by atoms with Gasteiger partial charge in [-0.2, -0.15) is 18.3 Å². The van der Waals surface area contributed by atoms with Crippen molar-refractivity contribution in [3.05, 3.63) is 51.9 Å². The lowest BCUT2D eigenvalue weighted by molar-refractivity contribution is -0.174. The molecule has 0 spiro atoms. The summed E-state index contributed by atoms with van der Waals surface area (Å²) >= 11 is 1.31. The topological polar surface area (TPSA) is 98.4 Å². The lowest BCUT2D eigenvalue weighted by atomic mass is 9.95. The van der Waals surface area contributed by atoms with Crippen molar-refractivity contribution in [2.24, 2.45) is 0 Å². The van der Waals surface area contributed by atoms with Crippen molar-refractivity contribution in [3.63, 3.8) is 0 Å². The maximum Gasteiger partial charge on any atom is 0.410 e. The van der Waals surface area contributed by atoms with Crippen LogP contribution in [-0.4, -0.2) is 33.9 Å². The highest BCUT2D eigenvalue weighted by atomic mass is 32.1. The van der Waals surface area contributed by atoms with Crippen molar-refractivity contribution in [3.8, 4) is 0 Å². The van der Waals surface area contributed by atoms with Crippen molar-refractivity contribution in [2.75, 3.05) is 10.6 Å². The van der Waals surface area contributed by atoms with Crippen molar-refractivity contribution < 1.29 is 31.9 Å². The van der Waals surface area contributed by atoms with Gasteiger partial charge >= 0.3 is 12.1 Å². The molecule has 3 aromatic heterocycles. The van der Waals surface area contributed by atoms with E-state index in [1.54, 1.807) is 26.0 Å². The molecule has 0 unspecified atom stereocenters. The zero-order valence-electron chi connectivity index (χ0n) is 19.6. The monoisotopic (exact) mass is 522 g/mol. The van der Waals surface area contributed by atoms with E-state index in [1.807, 2.05) is 0 Å². The summed E-state index contributed by atoms with van der Waals surface area (Å²) in [4.78, 5) is 27.3. The molecule has 2 aliphatic rings. The summed E-state index contributed by atoms with van der Waals surface area (Å²) in [5.74, 6) is -0.922. The largest absolute Gasteiger partial charge is 0.467 e. The van der Waals surface area contributed by atoms with Crippen LogP contribution < -0.4 is 10.6 Å². The van der Waals surface area contributed by atoms with Gasteiger partial charge in [0.25, 0.3) is 5.91 Å². The smallest absolute Gasteiger partial charge is 0.410 e. The first-order chi connectivity index (χ1) is 17.1. The van der Waals surface area contributed by atoms with Gasteiger partial charge in [0.05, 0.1) is 30.2 Å². The molecule has 1 aliphatic heterocycles. The van der Waals surface area contributed by atoms with Crippen molar-refractivity contribution in [1.82, 2.24) is 9.78 Å². The maximum atomic E-state index is 13.9. The molecule has 1 aliphatic carbocycles. The Bertz CT molecular complexity index is 1280. The highest BCUT2D eigenvalue weighted by molar-refractivity contribution is 7.17. The molecule has 0 saturated heterocycles. The Labute approximate surface area is 208 Å². The van der Waals surface area contributed by atoms with E-state index in [0.29, 0.717) is 22.7 Å². The third-order valence-electron chi connectivity index (χ3n) is 6.31. The van der Waals surface area contributed by atoms with E-state index in [0.717, 1.165) is 40.6 Å². The van der Waals surface area contributed by atoms with E-state index >= 15 is 0 Å². The van der Waals surface area contributed by atoms with E-state index in [4.69, 9.17) is 9.15 Å². The number of esters is 1. The molecule has 0 radical (unpaired) electrons. The predicted octanol–water partition coefficient (Wildman–Crippen LogP) is 5.89. The molecule has 5 rings (SSSR count). The number of aryl methyl sites for hydroxylation is 1. The van der Waals surface area contributed by atoms with E-state index in [9.17, 15) is 22.8 Å². The van der Waals surface area contributed by atoms with Crippen LogP contribution in [0.4, 0.5) is 24.0 Å². The van der Waals surface area contributed by atoms with Gasteiger partial charge in [-0.05, 0) is 57.2 Å². The van der Waals surface area contributed by atoms with E-state index in [-0.39, 0.29) is 23.9 Å². The molecule has 0 fully saturated rings. The minimum Gasteiger partial charge on any atom is -0.467 e. The van der Waals surface area contributed by atoms with Gasteiger partial charge in [0.1, 0.15) is 22.1 Å². The number of ether oxygens (including phenoxy) is 1. The van der Waals surface area contributed by atoms with Crippen LogP contribution in [-0.2, 0) is 17.6 Å². The van der Waals surface area contributed by atoms with Crippen LogP contribution in [0.2, 0.25) is 0 Å². The van der Waals surface area contributed by atoms with Gasteiger partial charge in [0.15, 0.2) is 6.04 Å². The summed E-state index contributed by atoms with van der Waals surface area (Å²) in [7, 11) is 0. The molecule has 0 aromatic carbocycles. The lowest BCUT2D eigenvalue weighted by Crippen LogP contribution is -2.36. The Morgan fingerprint density at radius 1 is 1.31 bits per heavy atom. The van der Waals surface area contributed by atoms with Gasteiger partial charge in [-0.25, -0.2) is 9.48 Å². The number of thiophene rings is 1. The fourth-order valence-corrected chi connectivity index (χ4v) is 5.99. The molecule has 192 valence electrons. The number of nitrogens with zero attached hydrogens (tertiary/aromatic N) is 2. The fraction of sp³-hybridized carbons (Fsp3) is 0.458. The number of hydrogen-bond donors (Lipinski definition) is 2. The minimum atomic E-state index is -4.58. The minimum absolute atomic E-state index is 0.0601. The number of furan rings is 1. The predicted molar refractivity (Wildman–Crippen MR) is 126 cm³/mol. The van der Waals surface area contributed by atoms with Crippen LogP contribution in [0.1, 0.15) is 82.1 Å². The summed E-state index contributed by atoms with van der Waals surface area (Å²) in [6.07, 6.45) is 0.631. The summed E-state index contributed by atoms with van der Waals surface area (Å²) in [5, 5.41) is 9.98. The first kappa shape index (κ1) is 24.4. The van der Waals surface area contributed by atoms with Crippen LogP contribution in [0.15, 0.2) is 29.0 Å². The fourth-order valence-electron chi connectivity index (χ4n) is 4.72. The first-order valence-electron chi connectivity index (χ1n) is 11.7. The second kappa shape index (κ2) is 9.30. The number of aromatic nitrogens is 2. The highest BCUT2D eigenvalue weighted by Crippen LogP contribution is 2.45. The Morgan fingerprint density at radius 2 is 2.08 bits per heavy atom. The van der Waals surface area contributed by atoms with E-state index in [1.165, 1.54) is 17.6 Å². The molecule has 0 saturated carbocycles. The van der Waals surface area contributed by atoms with Crippen LogP contribution in [0.25, 0.3) is 0 Å². The molecule has 12 heteroatoms. The van der Waals surface area contributed by atoms with E-state index < -0.39 is 30.1 Å². The standard InChI is InChI=1S/C24H25F3N4O4S/c1-12(2)35-23(33)19-13-6-3-4-8-17(13)36-22(19)30-21(32)14-11-28-31-18(24(25,26)27)10-15(29-20(14)31)16-7-5-9-34-16/h5,7,9,11-12,15,18,29H,3-4,6,8,10H2,1-2H3,(H,30,32)/t15-,18+/m1/s1. The van der Waals surface area contributed by atoms with Crippen molar-refractivity contribution in [2.45, 2.75) is 70.3 Å². The number of rotatable bonds is 5. The van der Waals surface area contributed by atoms with E-state index in [2.05, 4.69) is 15.7 Å². The zero-order valence-corrected chi connectivity index (χ0v) is 20.5. The number of halogens is 3. The number of amides is 1. The molecule has 0 bridgehead atoms. The number of carbonyl (C=O) groups excluding carboxylic acids is 2. The maximum absolute atomic E-state index is 13.9. The lowest BCUT2D eigenvalue weighted by Gasteiger charge is -2.32. The van der Waals surface area contributed by atoms with Crippen LogP contribution in [0.3, 0.4) is 0 Å². The number of anilines is 2. The normalized spacial score (nSPS) is 19.4. The number of alkyl halides is 3. The number of nitrogens with one attached hydrogen (secondary N) is 2. The zero-order chi connectivity index (χ0) is 25.6. The van der Waals surface area contributed by atoms with Crippen LogP contribution >= 0.6 is 11.3 Å². The molecule has 2 atom stereocenters. The summed E-state index contributed by atoms with van der Waals surface area (Å²) < 4.78 is 53.2. The van der Waals surface area contributed by atoms with Gasteiger partial charge in [-0.3, -0.25) is 4.79 Å². The summed E-state index contributed by atoms with van der Waals surface area (Å²) in [6.45, 7) is 3.48. The SMILES string of the molecule is CC(C)OC(=O)c1c(NC(=O)c2cnn3c2N[C@@H](c2ccco2)C[C@H]3C(F)(F)F)sc2c1CCCC2. The third-order valence-corrected chi connectivity index (χ3v) is 7.52. The second-order valence-electron chi connectivity index (χ2n) is 9.18. The average Bonchev–Trinajstić information content (AvgIpc) is 3.55. The quantitative estimate of drug-likeness (QED) is 0.405. The Morgan fingerprint density at radius 3 is 2.78 bits per heavy atom. The first-order valence-corrected chi connectivity index (χ1v) is 12.6. The second-order valence-corrected chi connectivity index (χ2v) is 10.3. The Balaban J connectivity index is 1.49. The molecule has 8 nitrogen and oxygen atoms in total. The molecule has 36 heavy (non-hydrogen) atoms. The molecule has 4 heterocycles. The van der Waals surface area contributed by atoms with Crippen LogP contribution in [0.5, 0.6) is 0 Å².